The van der Waals surface area contributed by atoms with Crippen LogP contribution < -0.4 is 27.4 Å². The van der Waals surface area contributed by atoms with Crippen molar-refractivity contribution in [1.29, 1.82) is 0 Å². The quantitative estimate of drug-likeness (QED) is 0.215. The number of aromatic hydroxyl groups is 1. The molecule has 0 heterocycles. The summed E-state index contributed by atoms with van der Waals surface area (Å²) in [6.45, 7) is 0.778. The molecule has 0 aliphatic rings. The third kappa shape index (κ3) is 8.32. The number of imide groups is 1. The number of rotatable bonds is 11. The van der Waals surface area contributed by atoms with E-state index in [1.54, 1.807) is 36.4 Å². The molecule has 5 amide bonds. The van der Waals surface area contributed by atoms with Gasteiger partial charge in [0.05, 0.1) is 12.5 Å². The van der Waals surface area contributed by atoms with Crippen LogP contribution in [0.25, 0.3) is 10.8 Å². The number of hydrogen-bond acceptors (Lipinski definition) is 6. The molecule has 3 aromatic rings. The lowest BCUT2D eigenvalue weighted by Crippen LogP contribution is -2.42. The third-order valence-electron chi connectivity index (χ3n) is 5.75. The van der Waals surface area contributed by atoms with Crippen molar-refractivity contribution in [3.05, 3.63) is 77.4 Å². The maximum absolute atomic E-state index is 12.9. The Labute approximate surface area is 214 Å². The highest BCUT2D eigenvalue weighted by Gasteiger charge is 2.17. The van der Waals surface area contributed by atoms with Crippen LogP contribution in [0.2, 0.25) is 0 Å². The molecule has 0 saturated carbocycles. The Balaban J connectivity index is 1.48. The fourth-order valence-electron chi connectivity index (χ4n) is 3.87. The zero-order valence-corrected chi connectivity index (χ0v) is 20.3. The number of phenolic OH excluding ortho intramolecular Hbond substituents is 1. The molecule has 10 heteroatoms. The standard InChI is InChI=1S/C27H31N5O5/c28-23(13-17-7-9-21(33)10-8-17)26(36)31-12-4-3-11-30-25(35)22-15-19-6-2-1-5-18(19)14-20(22)16-24(34)32-27(29)37/h1-2,5-10,14-15,23,33H,3-4,11-13,16,28H2,(H,30,35)(H,31,36)(H3,29,32,34,37)/t23-/m0/s1. The van der Waals surface area contributed by atoms with Crippen molar-refractivity contribution in [3.8, 4) is 5.75 Å². The number of primary amides is 1. The van der Waals surface area contributed by atoms with Gasteiger partial charge < -0.3 is 27.2 Å². The van der Waals surface area contributed by atoms with Crippen LogP contribution in [-0.4, -0.2) is 48.0 Å². The van der Waals surface area contributed by atoms with Crippen LogP contribution in [0, 0.1) is 0 Å². The van der Waals surface area contributed by atoms with E-state index in [2.05, 4.69) is 10.6 Å². The van der Waals surface area contributed by atoms with Gasteiger partial charge in [-0.2, -0.15) is 0 Å². The Kier molecular flexibility index (Phi) is 9.56. The summed E-state index contributed by atoms with van der Waals surface area (Å²) in [5, 5.41) is 18.7. The van der Waals surface area contributed by atoms with Crippen molar-refractivity contribution in [3.63, 3.8) is 0 Å². The third-order valence-corrected chi connectivity index (χ3v) is 5.75. The number of fused-ring (bicyclic) bond motifs is 1. The first kappa shape index (κ1) is 27.2. The van der Waals surface area contributed by atoms with Crippen LogP contribution in [-0.2, 0) is 22.4 Å². The van der Waals surface area contributed by atoms with Crippen LogP contribution in [0.1, 0.15) is 34.3 Å². The van der Waals surface area contributed by atoms with Crippen molar-refractivity contribution >= 4 is 34.5 Å². The molecule has 0 bridgehead atoms. The number of hydrogen-bond donors (Lipinski definition) is 6. The Morgan fingerprint density at radius 2 is 1.49 bits per heavy atom. The van der Waals surface area contributed by atoms with Crippen molar-refractivity contribution in [2.45, 2.75) is 31.7 Å². The zero-order valence-electron chi connectivity index (χ0n) is 20.3. The predicted octanol–water partition coefficient (Wildman–Crippen LogP) is 1.48. The lowest BCUT2D eigenvalue weighted by atomic mass is 9.98. The smallest absolute Gasteiger partial charge is 0.318 e. The van der Waals surface area contributed by atoms with Gasteiger partial charge in [0.15, 0.2) is 0 Å². The van der Waals surface area contributed by atoms with E-state index < -0.39 is 18.0 Å². The molecule has 0 radical (unpaired) electrons. The van der Waals surface area contributed by atoms with E-state index >= 15 is 0 Å². The number of benzene rings is 3. The first-order valence-corrected chi connectivity index (χ1v) is 11.9. The second-order valence-corrected chi connectivity index (χ2v) is 8.68. The van der Waals surface area contributed by atoms with Gasteiger partial charge in [-0.15, -0.1) is 0 Å². The average molecular weight is 506 g/mol. The molecule has 1 atom stereocenters. The van der Waals surface area contributed by atoms with Crippen molar-refractivity contribution in [2.24, 2.45) is 11.5 Å². The van der Waals surface area contributed by atoms with Gasteiger partial charge in [-0.3, -0.25) is 19.7 Å². The predicted molar refractivity (Wildman–Crippen MR) is 140 cm³/mol. The van der Waals surface area contributed by atoms with Crippen LogP contribution in [0.4, 0.5) is 4.79 Å². The highest BCUT2D eigenvalue weighted by molar-refractivity contribution is 6.02. The number of carbonyl (C=O) groups excluding carboxylic acids is 4. The first-order chi connectivity index (χ1) is 17.7. The summed E-state index contributed by atoms with van der Waals surface area (Å²) >= 11 is 0. The van der Waals surface area contributed by atoms with E-state index in [4.69, 9.17) is 11.5 Å². The van der Waals surface area contributed by atoms with Crippen LogP contribution in [0.5, 0.6) is 5.75 Å². The minimum Gasteiger partial charge on any atom is -0.508 e. The largest absolute Gasteiger partial charge is 0.508 e. The van der Waals surface area contributed by atoms with Gasteiger partial charge in [0.1, 0.15) is 5.75 Å². The van der Waals surface area contributed by atoms with E-state index in [1.165, 1.54) is 0 Å². The molecule has 0 aliphatic heterocycles. The van der Waals surface area contributed by atoms with Gasteiger partial charge in [0.25, 0.3) is 5.91 Å². The monoisotopic (exact) mass is 505 g/mol. The molecule has 0 spiro atoms. The van der Waals surface area contributed by atoms with Crippen LogP contribution in [0.3, 0.4) is 0 Å². The lowest BCUT2D eigenvalue weighted by molar-refractivity contribution is -0.122. The number of amides is 5. The van der Waals surface area contributed by atoms with Gasteiger partial charge in [-0.05, 0) is 65.4 Å². The number of nitrogens with one attached hydrogen (secondary N) is 3. The molecule has 8 N–H and O–H groups in total. The zero-order chi connectivity index (χ0) is 26.8. The summed E-state index contributed by atoms with van der Waals surface area (Å²) < 4.78 is 0. The summed E-state index contributed by atoms with van der Waals surface area (Å²) in [5.41, 5.74) is 12.7. The number of phenols is 1. The lowest BCUT2D eigenvalue weighted by Gasteiger charge is -2.13. The molecule has 37 heavy (non-hydrogen) atoms. The summed E-state index contributed by atoms with van der Waals surface area (Å²) in [6.07, 6.45) is 1.43. The van der Waals surface area contributed by atoms with Gasteiger partial charge in [0.2, 0.25) is 11.8 Å². The van der Waals surface area contributed by atoms with Crippen molar-refractivity contribution in [1.82, 2.24) is 16.0 Å². The summed E-state index contributed by atoms with van der Waals surface area (Å²) in [6, 6.07) is 15.8. The molecule has 3 aromatic carbocycles. The van der Waals surface area contributed by atoms with E-state index in [0.29, 0.717) is 43.5 Å². The Morgan fingerprint density at radius 1 is 0.865 bits per heavy atom. The van der Waals surface area contributed by atoms with Crippen molar-refractivity contribution in [2.75, 3.05) is 13.1 Å². The molecular weight excluding hydrogens is 474 g/mol. The van der Waals surface area contributed by atoms with E-state index in [9.17, 15) is 24.3 Å². The first-order valence-electron chi connectivity index (χ1n) is 11.9. The molecule has 194 valence electrons. The number of carbonyl (C=O) groups is 4. The summed E-state index contributed by atoms with van der Waals surface area (Å²) in [7, 11) is 0. The Morgan fingerprint density at radius 3 is 2.14 bits per heavy atom. The fraction of sp³-hybridized carbons (Fsp3) is 0.259. The van der Waals surface area contributed by atoms with E-state index in [1.807, 2.05) is 29.6 Å². The summed E-state index contributed by atoms with van der Waals surface area (Å²) in [4.78, 5) is 48.2. The molecule has 0 saturated heterocycles. The SMILES string of the molecule is NC(=O)NC(=O)Cc1cc2ccccc2cc1C(=O)NCCCCNC(=O)[C@@H](N)Cc1ccc(O)cc1. The maximum Gasteiger partial charge on any atom is 0.318 e. The minimum atomic E-state index is -0.954. The molecule has 0 aromatic heterocycles. The number of nitrogens with two attached hydrogens (primary N) is 2. The van der Waals surface area contributed by atoms with Gasteiger partial charge in [-0.25, -0.2) is 4.79 Å². The van der Waals surface area contributed by atoms with Crippen LogP contribution >= 0.6 is 0 Å². The highest BCUT2D eigenvalue weighted by Crippen LogP contribution is 2.21. The Bertz CT molecular complexity index is 1280. The van der Waals surface area contributed by atoms with Crippen LogP contribution in [0.15, 0.2) is 60.7 Å². The van der Waals surface area contributed by atoms with Gasteiger partial charge in [0, 0.05) is 18.7 Å². The average Bonchev–Trinajstić information content (AvgIpc) is 2.86. The molecule has 0 aliphatic carbocycles. The Hall–Kier alpha value is -4.44. The second kappa shape index (κ2) is 13.0. The number of unbranched alkanes of at least 4 members (excludes halogenated alkanes) is 1. The molecule has 3 rings (SSSR count). The normalized spacial score (nSPS) is 11.5. The van der Waals surface area contributed by atoms with E-state index in [-0.39, 0.29) is 24.0 Å². The molecule has 0 fully saturated rings. The second-order valence-electron chi connectivity index (χ2n) is 8.68. The molecule has 10 nitrogen and oxygen atoms in total. The van der Waals surface area contributed by atoms with Gasteiger partial charge >= 0.3 is 6.03 Å². The fourth-order valence-corrected chi connectivity index (χ4v) is 3.87. The highest BCUT2D eigenvalue weighted by atomic mass is 16.3. The van der Waals surface area contributed by atoms with Gasteiger partial charge in [-0.1, -0.05) is 36.4 Å². The maximum atomic E-state index is 12.9. The number of urea groups is 1. The summed E-state index contributed by atoms with van der Waals surface area (Å²) in [5.74, 6) is -1.06. The topological polar surface area (TPSA) is 177 Å². The molecular formula is C27H31N5O5. The minimum absolute atomic E-state index is 0.152. The van der Waals surface area contributed by atoms with Crippen molar-refractivity contribution < 1.29 is 24.3 Å². The van der Waals surface area contributed by atoms with E-state index in [0.717, 1.165) is 16.3 Å². The molecule has 0 unspecified atom stereocenters.